The average Bonchev–Trinajstić information content (AvgIpc) is 3.27. The monoisotopic (exact) mass is 505 g/mol. The van der Waals surface area contributed by atoms with Gasteiger partial charge in [0.25, 0.3) is 0 Å². The molecule has 188 valence electrons. The molecule has 0 radical (unpaired) electrons. The summed E-state index contributed by atoms with van der Waals surface area (Å²) in [6.07, 6.45) is 2.91. The van der Waals surface area contributed by atoms with Crippen LogP contribution in [0, 0.1) is 0 Å². The Balaban J connectivity index is 1.34. The molecular formula is C28H32ClN5O2. The number of hydrogen-bond acceptors (Lipinski definition) is 6. The molecule has 0 spiro atoms. The lowest BCUT2D eigenvalue weighted by Crippen LogP contribution is -2.61. The van der Waals surface area contributed by atoms with Crippen molar-refractivity contribution in [2.45, 2.75) is 32.1 Å². The van der Waals surface area contributed by atoms with Crippen LogP contribution >= 0.6 is 11.6 Å². The number of piperazine rings is 1. The molecule has 2 aromatic heterocycles. The van der Waals surface area contributed by atoms with E-state index in [9.17, 15) is 4.79 Å². The standard InChI is InChI=1S/C28H32ClN5O2/c1-3-30-25-8-9-31-26-12-19(4-6-23(25)26)15-33-10-11-34(28(18-36-2)27(33)17-35)16-22-14-20-13-21(29)5-7-24(20)32-22/h4-9,12-14,17,27-28,32H,3,10-11,15-16,18H2,1-2H3,(H,30,31). The Kier molecular flexibility index (Phi) is 7.53. The van der Waals surface area contributed by atoms with Crippen LogP contribution in [0.25, 0.3) is 21.8 Å². The highest BCUT2D eigenvalue weighted by Crippen LogP contribution is 2.27. The summed E-state index contributed by atoms with van der Waals surface area (Å²) in [7, 11) is 1.70. The SMILES string of the molecule is CCNc1ccnc2cc(CN3CCN(Cc4cc5cc(Cl)ccc5[nH]4)C(COC)C3C=O)ccc12. The third-order valence-corrected chi connectivity index (χ3v) is 7.24. The minimum absolute atomic E-state index is 0.0461. The largest absolute Gasteiger partial charge is 0.385 e. The Hall–Kier alpha value is -2.97. The maximum Gasteiger partial charge on any atom is 0.138 e. The van der Waals surface area contributed by atoms with Crippen LogP contribution in [-0.4, -0.2) is 71.5 Å². The number of aromatic amines is 1. The van der Waals surface area contributed by atoms with Crippen LogP contribution in [0.3, 0.4) is 0 Å². The van der Waals surface area contributed by atoms with Gasteiger partial charge in [0.2, 0.25) is 0 Å². The molecule has 4 aromatic rings. The molecule has 3 heterocycles. The van der Waals surface area contributed by atoms with Crippen LogP contribution in [0.15, 0.2) is 54.7 Å². The zero-order valence-corrected chi connectivity index (χ0v) is 21.5. The molecule has 1 aliphatic rings. The number of carbonyl (C=O) groups excluding carboxylic acids is 1. The van der Waals surface area contributed by atoms with Crippen LogP contribution < -0.4 is 5.32 Å². The Labute approximate surface area is 216 Å². The van der Waals surface area contributed by atoms with Gasteiger partial charge in [-0.05, 0) is 48.9 Å². The topological polar surface area (TPSA) is 73.5 Å². The smallest absolute Gasteiger partial charge is 0.138 e. The summed E-state index contributed by atoms with van der Waals surface area (Å²) >= 11 is 6.17. The molecule has 2 aromatic carbocycles. The summed E-state index contributed by atoms with van der Waals surface area (Å²) in [6.45, 7) is 6.46. The van der Waals surface area contributed by atoms with Gasteiger partial charge in [0.15, 0.2) is 0 Å². The zero-order chi connectivity index (χ0) is 25.1. The highest BCUT2D eigenvalue weighted by molar-refractivity contribution is 6.31. The molecule has 1 saturated heterocycles. The van der Waals surface area contributed by atoms with Crippen molar-refractivity contribution < 1.29 is 9.53 Å². The fraction of sp³-hybridized carbons (Fsp3) is 0.357. The van der Waals surface area contributed by atoms with Crippen molar-refractivity contribution in [1.82, 2.24) is 19.8 Å². The summed E-state index contributed by atoms with van der Waals surface area (Å²) in [5.41, 5.74) is 5.36. The molecule has 2 N–H and O–H groups in total. The second kappa shape index (κ2) is 11.0. The van der Waals surface area contributed by atoms with Gasteiger partial charge in [-0.25, -0.2) is 0 Å². The van der Waals surface area contributed by atoms with Crippen molar-refractivity contribution in [2.24, 2.45) is 0 Å². The van der Waals surface area contributed by atoms with E-state index in [1.807, 2.05) is 30.5 Å². The fourth-order valence-corrected chi connectivity index (χ4v) is 5.48. The maximum atomic E-state index is 12.4. The summed E-state index contributed by atoms with van der Waals surface area (Å²) in [6, 6.07) is 16.1. The van der Waals surface area contributed by atoms with E-state index in [1.54, 1.807) is 7.11 Å². The van der Waals surface area contributed by atoms with Crippen LogP contribution in [0.5, 0.6) is 0 Å². The van der Waals surface area contributed by atoms with Gasteiger partial charge in [-0.2, -0.15) is 0 Å². The molecule has 1 aliphatic heterocycles. The Bertz CT molecular complexity index is 1360. The van der Waals surface area contributed by atoms with E-state index in [4.69, 9.17) is 16.3 Å². The van der Waals surface area contributed by atoms with Gasteiger partial charge in [0.05, 0.1) is 24.2 Å². The summed E-state index contributed by atoms with van der Waals surface area (Å²) < 4.78 is 5.58. The first-order chi connectivity index (χ1) is 17.6. The number of ether oxygens (including phenoxy) is 1. The number of aromatic nitrogens is 2. The maximum absolute atomic E-state index is 12.4. The number of fused-ring (bicyclic) bond motifs is 2. The van der Waals surface area contributed by atoms with Gasteiger partial charge in [-0.1, -0.05) is 23.7 Å². The third kappa shape index (κ3) is 5.11. The predicted molar refractivity (Wildman–Crippen MR) is 146 cm³/mol. The number of halogens is 1. The number of rotatable bonds is 9. The number of methoxy groups -OCH3 is 1. The van der Waals surface area contributed by atoms with Crippen LogP contribution in [0.1, 0.15) is 18.2 Å². The molecule has 36 heavy (non-hydrogen) atoms. The highest BCUT2D eigenvalue weighted by atomic mass is 35.5. The van der Waals surface area contributed by atoms with Gasteiger partial charge in [-0.15, -0.1) is 0 Å². The molecule has 1 fully saturated rings. The number of nitrogens with one attached hydrogen (secondary N) is 2. The first kappa shape index (κ1) is 24.7. The number of pyridine rings is 1. The second-order valence-electron chi connectivity index (χ2n) is 9.36. The van der Waals surface area contributed by atoms with Crippen LogP contribution in [0.4, 0.5) is 5.69 Å². The normalized spacial score (nSPS) is 19.2. The van der Waals surface area contributed by atoms with Gasteiger partial charge >= 0.3 is 0 Å². The van der Waals surface area contributed by atoms with E-state index < -0.39 is 0 Å². The summed E-state index contributed by atoms with van der Waals surface area (Å²) in [4.78, 5) is 25.1. The van der Waals surface area contributed by atoms with E-state index >= 15 is 0 Å². The number of benzene rings is 2. The molecule has 0 bridgehead atoms. The van der Waals surface area contributed by atoms with E-state index in [2.05, 4.69) is 56.3 Å². The fourth-order valence-electron chi connectivity index (χ4n) is 5.30. The van der Waals surface area contributed by atoms with E-state index in [0.29, 0.717) is 19.7 Å². The molecule has 5 rings (SSSR count). The van der Waals surface area contributed by atoms with Crippen molar-refractivity contribution in [1.29, 1.82) is 0 Å². The number of nitrogens with zero attached hydrogens (tertiary/aromatic N) is 3. The van der Waals surface area contributed by atoms with Crippen LogP contribution in [-0.2, 0) is 22.6 Å². The molecule has 2 unspecified atom stereocenters. The molecule has 0 amide bonds. The number of anilines is 1. The molecule has 8 heteroatoms. The van der Waals surface area contributed by atoms with E-state index in [0.717, 1.165) is 69.7 Å². The number of aldehydes is 1. The van der Waals surface area contributed by atoms with Crippen molar-refractivity contribution >= 4 is 45.4 Å². The molecule has 7 nitrogen and oxygen atoms in total. The predicted octanol–water partition coefficient (Wildman–Crippen LogP) is 4.70. The average molecular weight is 506 g/mol. The lowest BCUT2D eigenvalue weighted by Gasteiger charge is -2.45. The minimum atomic E-state index is -0.269. The lowest BCUT2D eigenvalue weighted by molar-refractivity contribution is -0.120. The van der Waals surface area contributed by atoms with Gasteiger partial charge in [0.1, 0.15) is 6.29 Å². The summed E-state index contributed by atoms with van der Waals surface area (Å²) in [5, 5.41) is 6.32. The first-order valence-corrected chi connectivity index (χ1v) is 12.8. The van der Waals surface area contributed by atoms with E-state index in [1.165, 1.54) is 0 Å². The number of hydrogen-bond donors (Lipinski definition) is 2. The van der Waals surface area contributed by atoms with E-state index in [-0.39, 0.29) is 12.1 Å². The van der Waals surface area contributed by atoms with Crippen molar-refractivity contribution in [2.75, 3.05) is 38.7 Å². The zero-order valence-electron chi connectivity index (χ0n) is 20.7. The van der Waals surface area contributed by atoms with Gasteiger partial charge in [-0.3, -0.25) is 14.8 Å². The molecule has 0 aliphatic carbocycles. The highest BCUT2D eigenvalue weighted by Gasteiger charge is 2.36. The lowest BCUT2D eigenvalue weighted by atomic mass is 10.0. The second-order valence-corrected chi connectivity index (χ2v) is 9.79. The Morgan fingerprint density at radius 3 is 2.81 bits per heavy atom. The van der Waals surface area contributed by atoms with Gasteiger partial charge in [0, 0.05) is 78.7 Å². The van der Waals surface area contributed by atoms with Gasteiger partial charge < -0.3 is 19.8 Å². The minimum Gasteiger partial charge on any atom is -0.385 e. The number of carbonyl (C=O) groups is 1. The molecular weight excluding hydrogens is 474 g/mol. The Morgan fingerprint density at radius 1 is 1.14 bits per heavy atom. The van der Waals surface area contributed by atoms with Crippen molar-refractivity contribution in [3.63, 3.8) is 0 Å². The third-order valence-electron chi connectivity index (χ3n) is 7.01. The molecule has 2 atom stereocenters. The first-order valence-electron chi connectivity index (χ1n) is 12.4. The Morgan fingerprint density at radius 2 is 2.00 bits per heavy atom. The van der Waals surface area contributed by atoms with Crippen molar-refractivity contribution in [3.8, 4) is 0 Å². The molecule has 0 saturated carbocycles. The van der Waals surface area contributed by atoms with Crippen molar-refractivity contribution in [3.05, 3.63) is 71.0 Å². The van der Waals surface area contributed by atoms with Crippen LogP contribution in [0.2, 0.25) is 5.02 Å². The number of H-pyrrole nitrogens is 1. The summed E-state index contributed by atoms with van der Waals surface area (Å²) in [5.74, 6) is 0. The quantitative estimate of drug-likeness (QED) is 0.321.